The van der Waals surface area contributed by atoms with Gasteiger partial charge in [0.1, 0.15) is 11.6 Å². The van der Waals surface area contributed by atoms with Gasteiger partial charge >= 0.3 is 11.9 Å². The first kappa shape index (κ1) is 22.9. The van der Waals surface area contributed by atoms with Crippen LogP contribution in [-0.4, -0.2) is 37.4 Å². The molecule has 1 atom stereocenters. The van der Waals surface area contributed by atoms with E-state index in [1.165, 1.54) is 6.07 Å². The van der Waals surface area contributed by atoms with Gasteiger partial charge in [-0.25, -0.2) is 19.0 Å². The molecule has 0 saturated heterocycles. The van der Waals surface area contributed by atoms with Gasteiger partial charge in [0.2, 0.25) is 0 Å². The Kier molecular flexibility index (Phi) is 6.85. The third-order valence-electron chi connectivity index (χ3n) is 4.67. The average molecular weight is 456 g/mol. The number of rotatable bonds is 3. The summed E-state index contributed by atoms with van der Waals surface area (Å²) in [5.74, 6) is -1.94. The molecular weight excluding hydrogens is 437 g/mol. The highest BCUT2D eigenvalue weighted by molar-refractivity contribution is 6.31. The van der Waals surface area contributed by atoms with Crippen LogP contribution >= 0.6 is 11.6 Å². The van der Waals surface area contributed by atoms with Crippen molar-refractivity contribution in [2.24, 2.45) is 4.99 Å². The first-order chi connectivity index (χ1) is 15.2. The molecule has 0 fully saturated rings. The molecule has 164 valence electrons. The van der Waals surface area contributed by atoms with Crippen molar-refractivity contribution in [3.63, 3.8) is 0 Å². The molecule has 1 aliphatic heterocycles. The molecule has 2 aromatic carbocycles. The number of aliphatic carboxylic acids is 2. The van der Waals surface area contributed by atoms with Crippen LogP contribution in [0, 0.1) is 12.7 Å². The number of aromatic nitrogens is 2. The maximum atomic E-state index is 14.4. The highest BCUT2D eigenvalue weighted by Gasteiger charge is 2.25. The summed E-state index contributed by atoms with van der Waals surface area (Å²) in [6.45, 7) is 3.93. The van der Waals surface area contributed by atoms with E-state index in [2.05, 4.69) is 9.55 Å². The second-order valence-corrected chi connectivity index (χ2v) is 7.31. The highest BCUT2D eigenvalue weighted by Crippen LogP contribution is 2.33. The number of carboxylic acids is 2. The van der Waals surface area contributed by atoms with Gasteiger partial charge in [-0.2, -0.15) is 0 Å². The van der Waals surface area contributed by atoms with E-state index in [0.29, 0.717) is 28.4 Å². The Labute approximate surface area is 188 Å². The van der Waals surface area contributed by atoms with Crippen LogP contribution in [0.4, 0.5) is 4.39 Å². The highest BCUT2D eigenvalue weighted by atomic mass is 35.5. The monoisotopic (exact) mass is 455 g/mol. The first-order valence-electron chi connectivity index (χ1n) is 9.50. The van der Waals surface area contributed by atoms with Crippen LogP contribution in [0.3, 0.4) is 0 Å². The zero-order valence-electron chi connectivity index (χ0n) is 17.2. The van der Waals surface area contributed by atoms with E-state index in [1.54, 1.807) is 12.1 Å². The van der Waals surface area contributed by atoms with E-state index in [0.717, 1.165) is 22.8 Å². The van der Waals surface area contributed by atoms with Crippen molar-refractivity contribution in [3.8, 4) is 5.69 Å². The molecule has 32 heavy (non-hydrogen) atoms. The zero-order valence-corrected chi connectivity index (χ0v) is 17.9. The quantitative estimate of drug-likeness (QED) is 0.562. The van der Waals surface area contributed by atoms with Gasteiger partial charge in [0.05, 0.1) is 29.3 Å². The smallest absolute Gasteiger partial charge is 0.328 e. The summed E-state index contributed by atoms with van der Waals surface area (Å²) in [7, 11) is 0. The predicted molar refractivity (Wildman–Crippen MR) is 118 cm³/mol. The van der Waals surface area contributed by atoms with Crippen molar-refractivity contribution in [1.82, 2.24) is 9.55 Å². The number of imidazole rings is 1. The second kappa shape index (κ2) is 9.57. The third kappa shape index (κ3) is 4.92. The minimum absolute atomic E-state index is 0.146. The molecule has 7 nitrogen and oxygen atoms in total. The number of benzene rings is 2. The van der Waals surface area contributed by atoms with Crippen molar-refractivity contribution in [1.29, 1.82) is 0 Å². The summed E-state index contributed by atoms with van der Waals surface area (Å²) in [5.41, 5.74) is 3.78. The van der Waals surface area contributed by atoms with E-state index in [4.69, 9.17) is 26.8 Å². The normalized spacial score (nSPS) is 14.5. The van der Waals surface area contributed by atoms with E-state index >= 15 is 0 Å². The van der Waals surface area contributed by atoms with Crippen molar-refractivity contribution >= 4 is 29.3 Å². The summed E-state index contributed by atoms with van der Waals surface area (Å²) in [4.78, 5) is 28.3. The maximum Gasteiger partial charge on any atom is 0.328 e. The Hall–Kier alpha value is -3.78. The Bertz CT molecular complexity index is 1230. The van der Waals surface area contributed by atoms with Gasteiger partial charge < -0.3 is 10.2 Å². The molecule has 0 aliphatic carbocycles. The fourth-order valence-corrected chi connectivity index (χ4v) is 3.47. The van der Waals surface area contributed by atoms with Gasteiger partial charge in [-0.1, -0.05) is 23.7 Å². The average Bonchev–Trinajstić information content (AvgIpc) is 3.07. The maximum absolute atomic E-state index is 14.4. The molecule has 9 heteroatoms. The number of aryl methyl sites for hydroxylation is 1. The lowest BCUT2D eigenvalue weighted by molar-refractivity contribution is -0.134. The number of nitrogens with zero attached hydrogens (tertiary/aromatic N) is 3. The van der Waals surface area contributed by atoms with E-state index in [9.17, 15) is 14.0 Å². The predicted octanol–water partition coefficient (Wildman–Crippen LogP) is 4.60. The van der Waals surface area contributed by atoms with Crippen LogP contribution < -0.4 is 0 Å². The first-order valence-corrected chi connectivity index (χ1v) is 9.88. The minimum atomic E-state index is -1.26. The van der Waals surface area contributed by atoms with Crippen LogP contribution in [-0.2, 0) is 9.59 Å². The van der Waals surface area contributed by atoms with Crippen LogP contribution in [0.15, 0.2) is 65.8 Å². The van der Waals surface area contributed by atoms with Crippen molar-refractivity contribution in [2.45, 2.75) is 19.9 Å². The SMILES string of the molecule is Cc1ncc2n1-c1ccc(Cl)cc1C(c1ccccc1F)=NC2C.O=C(O)/C=C\C(=O)O. The van der Waals surface area contributed by atoms with Gasteiger partial charge in [0.15, 0.2) is 0 Å². The molecule has 4 rings (SSSR count). The fourth-order valence-electron chi connectivity index (χ4n) is 3.30. The van der Waals surface area contributed by atoms with Crippen LogP contribution in [0.5, 0.6) is 0 Å². The van der Waals surface area contributed by atoms with Crippen molar-refractivity contribution in [3.05, 3.63) is 94.3 Å². The molecule has 2 N–H and O–H groups in total. The number of halogens is 2. The van der Waals surface area contributed by atoms with Gasteiger partial charge in [-0.15, -0.1) is 0 Å². The fraction of sp³-hybridized carbons (Fsp3) is 0.130. The topological polar surface area (TPSA) is 105 Å². The summed E-state index contributed by atoms with van der Waals surface area (Å²) in [6.07, 6.45) is 2.94. The molecule has 2 heterocycles. The summed E-state index contributed by atoms with van der Waals surface area (Å²) >= 11 is 6.23. The zero-order chi connectivity index (χ0) is 23.4. The lowest BCUT2D eigenvalue weighted by atomic mass is 10.00. The third-order valence-corrected chi connectivity index (χ3v) is 4.90. The van der Waals surface area contributed by atoms with E-state index < -0.39 is 11.9 Å². The summed E-state index contributed by atoms with van der Waals surface area (Å²) in [5, 5.41) is 16.2. The van der Waals surface area contributed by atoms with Gasteiger partial charge in [0.25, 0.3) is 0 Å². The largest absolute Gasteiger partial charge is 0.478 e. The number of fused-ring (bicyclic) bond motifs is 3. The molecule has 0 bridgehead atoms. The lowest BCUT2D eigenvalue weighted by Crippen LogP contribution is -2.09. The molecule has 0 amide bonds. The molecule has 0 saturated carbocycles. The lowest BCUT2D eigenvalue weighted by Gasteiger charge is -2.14. The minimum Gasteiger partial charge on any atom is -0.478 e. The van der Waals surface area contributed by atoms with Gasteiger partial charge in [-0.3, -0.25) is 9.56 Å². The number of carboxylic acid groups (broad SMARTS) is 2. The van der Waals surface area contributed by atoms with Crippen molar-refractivity contribution in [2.75, 3.05) is 0 Å². The Morgan fingerprint density at radius 3 is 2.38 bits per heavy atom. The molecular formula is C23H19ClFN3O4. The number of hydrogen-bond donors (Lipinski definition) is 2. The molecule has 3 aromatic rings. The standard InChI is InChI=1S/C19H15ClFN3.C4H4O4/c1-11-18-10-22-12(2)24(18)17-8-7-13(20)9-15(17)19(23-11)14-5-3-4-6-16(14)21;5-3(6)1-2-4(7)8/h3-11H,1-2H3;1-2H,(H,5,6)(H,7,8)/b;2-1-. The molecule has 1 unspecified atom stereocenters. The molecule has 1 aromatic heterocycles. The number of hydrogen-bond acceptors (Lipinski definition) is 4. The summed E-state index contributed by atoms with van der Waals surface area (Å²) < 4.78 is 16.5. The molecule has 0 radical (unpaired) electrons. The van der Waals surface area contributed by atoms with Crippen molar-refractivity contribution < 1.29 is 24.2 Å². The van der Waals surface area contributed by atoms with E-state index in [1.807, 2.05) is 44.3 Å². The van der Waals surface area contributed by atoms with Gasteiger partial charge in [0, 0.05) is 28.3 Å². The van der Waals surface area contributed by atoms with Crippen LogP contribution in [0.25, 0.3) is 5.69 Å². The Balaban J connectivity index is 0.000000312. The second-order valence-electron chi connectivity index (χ2n) is 6.87. The van der Waals surface area contributed by atoms with Gasteiger partial charge in [-0.05, 0) is 44.2 Å². The van der Waals surface area contributed by atoms with Crippen LogP contribution in [0.1, 0.15) is 35.6 Å². The molecule has 1 aliphatic rings. The Morgan fingerprint density at radius 2 is 1.75 bits per heavy atom. The summed E-state index contributed by atoms with van der Waals surface area (Å²) in [6, 6.07) is 12.1. The van der Waals surface area contributed by atoms with Crippen LogP contribution in [0.2, 0.25) is 5.02 Å². The molecule has 0 spiro atoms. The number of carbonyl (C=O) groups is 2. The number of aliphatic imine (C=N–C) groups is 1. The Morgan fingerprint density at radius 1 is 1.09 bits per heavy atom. The van der Waals surface area contributed by atoms with E-state index in [-0.39, 0.29) is 11.9 Å².